The van der Waals surface area contributed by atoms with Gasteiger partial charge < -0.3 is 5.32 Å². The van der Waals surface area contributed by atoms with E-state index in [1.807, 2.05) is 17.9 Å². The first kappa shape index (κ1) is 12.6. The third-order valence-corrected chi connectivity index (χ3v) is 3.91. The van der Waals surface area contributed by atoms with Crippen molar-refractivity contribution >= 4 is 0 Å². The Labute approximate surface area is 104 Å². The number of nitrogens with zero attached hydrogens (tertiary/aromatic N) is 3. The van der Waals surface area contributed by atoms with E-state index in [1.54, 1.807) is 0 Å². The topological polar surface area (TPSA) is 33.1 Å². The Morgan fingerprint density at radius 1 is 1.41 bits per heavy atom. The summed E-state index contributed by atoms with van der Waals surface area (Å²) in [6.07, 6.45) is 7.21. The van der Waals surface area contributed by atoms with Crippen LogP contribution in [0.25, 0.3) is 0 Å². The van der Waals surface area contributed by atoms with Gasteiger partial charge in [0.05, 0.1) is 5.69 Å². The van der Waals surface area contributed by atoms with Crippen LogP contribution in [0.15, 0.2) is 12.3 Å². The van der Waals surface area contributed by atoms with Crippen LogP contribution in [0.1, 0.15) is 31.4 Å². The SMILES string of the molecule is CNC1CCC(N(C)Cc2ccn(C)n2)CC1. The van der Waals surface area contributed by atoms with Gasteiger partial charge in [-0.3, -0.25) is 9.58 Å². The van der Waals surface area contributed by atoms with Gasteiger partial charge in [0.15, 0.2) is 0 Å². The van der Waals surface area contributed by atoms with Gasteiger partial charge >= 0.3 is 0 Å². The summed E-state index contributed by atoms with van der Waals surface area (Å²) in [5, 5.41) is 7.82. The number of hydrogen-bond acceptors (Lipinski definition) is 3. The van der Waals surface area contributed by atoms with Gasteiger partial charge in [0.2, 0.25) is 0 Å². The van der Waals surface area contributed by atoms with Crippen molar-refractivity contribution in [3.05, 3.63) is 18.0 Å². The average Bonchev–Trinajstić information content (AvgIpc) is 2.75. The molecule has 0 spiro atoms. The van der Waals surface area contributed by atoms with Crippen molar-refractivity contribution in [3.63, 3.8) is 0 Å². The van der Waals surface area contributed by atoms with E-state index < -0.39 is 0 Å². The van der Waals surface area contributed by atoms with Crippen LogP contribution in [0.2, 0.25) is 0 Å². The molecular formula is C13H24N4. The summed E-state index contributed by atoms with van der Waals surface area (Å²) < 4.78 is 1.88. The van der Waals surface area contributed by atoms with E-state index in [-0.39, 0.29) is 0 Å². The maximum Gasteiger partial charge on any atom is 0.0764 e. The van der Waals surface area contributed by atoms with Gasteiger partial charge in [-0.15, -0.1) is 0 Å². The lowest BCUT2D eigenvalue weighted by molar-refractivity contribution is 0.168. The van der Waals surface area contributed by atoms with Crippen LogP contribution in [0.4, 0.5) is 0 Å². The second-order valence-corrected chi connectivity index (χ2v) is 5.19. The maximum absolute atomic E-state index is 4.44. The summed E-state index contributed by atoms with van der Waals surface area (Å²) in [5.74, 6) is 0. The maximum atomic E-state index is 4.44. The number of nitrogens with one attached hydrogen (secondary N) is 1. The first-order valence-electron chi connectivity index (χ1n) is 6.55. The Morgan fingerprint density at radius 2 is 2.12 bits per heavy atom. The fraction of sp³-hybridized carbons (Fsp3) is 0.769. The molecule has 1 aliphatic rings. The quantitative estimate of drug-likeness (QED) is 0.857. The highest BCUT2D eigenvalue weighted by Gasteiger charge is 2.23. The molecule has 0 unspecified atom stereocenters. The van der Waals surface area contributed by atoms with E-state index >= 15 is 0 Å². The third-order valence-electron chi connectivity index (χ3n) is 3.91. The van der Waals surface area contributed by atoms with E-state index in [1.165, 1.54) is 31.4 Å². The Kier molecular flexibility index (Phi) is 4.18. The molecule has 1 saturated carbocycles. The minimum absolute atomic E-state index is 0.724. The van der Waals surface area contributed by atoms with E-state index in [0.717, 1.165) is 18.6 Å². The molecule has 0 amide bonds. The first-order valence-corrected chi connectivity index (χ1v) is 6.55. The van der Waals surface area contributed by atoms with Crippen molar-refractivity contribution in [2.75, 3.05) is 14.1 Å². The zero-order valence-corrected chi connectivity index (χ0v) is 11.2. The van der Waals surface area contributed by atoms with Crippen LogP contribution in [-0.4, -0.2) is 40.9 Å². The van der Waals surface area contributed by atoms with Crippen molar-refractivity contribution in [3.8, 4) is 0 Å². The van der Waals surface area contributed by atoms with Gasteiger partial charge in [-0.2, -0.15) is 5.10 Å². The summed E-state index contributed by atoms with van der Waals surface area (Å²) in [6.45, 7) is 0.968. The molecule has 1 fully saturated rings. The van der Waals surface area contributed by atoms with E-state index in [9.17, 15) is 0 Å². The molecule has 96 valence electrons. The zero-order valence-electron chi connectivity index (χ0n) is 11.2. The standard InChI is InChI=1S/C13H24N4/c1-14-11-4-6-13(7-5-11)16(2)10-12-8-9-17(3)15-12/h8-9,11,13-14H,4-7,10H2,1-3H3. The molecule has 0 saturated heterocycles. The molecule has 1 aliphatic carbocycles. The molecule has 4 nitrogen and oxygen atoms in total. The first-order chi connectivity index (χ1) is 8.19. The van der Waals surface area contributed by atoms with Crippen LogP contribution >= 0.6 is 0 Å². The normalized spacial score (nSPS) is 25.4. The largest absolute Gasteiger partial charge is 0.317 e. The molecule has 0 aliphatic heterocycles. The molecule has 1 aromatic rings. The Balaban J connectivity index is 1.82. The fourth-order valence-electron chi connectivity index (χ4n) is 2.74. The number of aromatic nitrogens is 2. The Bertz CT molecular complexity index is 339. The van der Waals surface area contributed by atoms with Crippen molar-refractivity contribution < 1.29 is 0 Å². The molecular weight excluding hydrogens is 212 g/mol. The lowest BCUT2D eigenvalue weighted by atomic mass is 9.90. The van der Waals surface area contributed by atoms with Crippen LogP contribution in [0.5, 0.6) is 0 Å². The molecule has 17 heavy (non-hydrogen) atoms. The highest BCUT2D eigenvalue weighted by molar-refractivity contribution is 4.99. The predicted molar refractivity (Wildman–Crippen MR) is 69.8 cm³/mol. The van der Waals surface area contributed by atoms with Crippen LogP contribution in [0, 0.1) is 0 Å². The van der Waals surface area contributed by atoms with Gasteiger partial charge in [0, 0.05) is 31.9 Å². The Hall–Kier alpha value is -0.870. The molecule has 0 aromatic carbocycles. The Morgan fingerprint density at radius 3 is 2.65 bits per heavy atom. The fourth-order valence-corrected chi connectivity index (χ4v) is 2.74. The van der Waals surface area contributed by atoms with Crippen molar-refractivity contribution in [2.24, 2.45) is 7.05 Å². The highest BCUT2D eigenvalue weighted by atomic mass is 15.3. The average molecular weight is 236 g/mol. The van der Waals surface area contributed by atoms with E-state index in [4.69, 9.17) is 0 Å². The van der Waals surface area contributed by atoms with Crippen molar-refractivity contribution in [1.82, 2.24) is 20.0 Å². The number of rotatable bonds is 4. The smallest absolute Gasteiger partial charge is 0.0764 e. The van der Waals surface area contributed by atoms with Crippen LogP contribution < -0.4 is 5.32 Å². The summed E-state index contributed by atoms with van der Waals surface area (Å²) in [5.41, 5.74) is 1.17. The van der Waals surface area contributed by atoms with Gasteiger partial charge in [0.1, 0.15) is 0 Å². The minimum Gasteiger partial charge on any atom is -0.317 e. The lowest BCUT2D eigenvalue weighted by Crippen LogP contribution is -2.39. The molecule has 0 bridgehead atoms. The summed E-state index contributed by atoms with van der Waals surface area (Å²) in [7, 11) is 6.27. The second-order valence-electron chi connectivity index (χ2n) is 5.19. The minimum atomic E-state index is 0.724. The van der Waals surface area contributed by atoms with Gasteiger partial charge in [-0.25, -0.2) is 0 Å². The zero-order chi connectivity index (χ0) is 12.3. The third kappa shape index (κ3) is 3.30. The predicted octanol–water partition coefficient (Wildman–Crippen LogP) is 1.38. The lowest BCUT2D eigenvalue weighted by Gasteiger charge is -2.34. The van der Waals surface area contributed by atoms with Crippen molar-refractivity contribution in [1.29, 1.82) is 0 Å². The van der Waals surface area contributed by atoms with E-state index in [0.29, 0.717) is 0 Å². The number of aryl methyl sites for hydroxylation is 1. The second kappa shape index (κ2) is 5.65. The molecule has 1 aromatic heterocycles. The molecule has 1 heterocycles. The molecule has 0 radical (unpaired) electrons. The molecule has 2 rings (SSSR count). The van der Waals surface area contributed by atoms with Gasteiger partial charge in [0.25, 0.3) is 0 Å². The van der Waals surface area contributed by atoms with Crippen molar-refractivity contribution in [2.45, 2.75) is 44.3 Å². The van der Waals surface area contributed by atoms with Gasteiger partial charge in [-0.05, 0) is 45.8 Å². The van der Waals surface area contributed by atoms with Gasteiger partial charge in [-0.1, -0.05) is 0 Å². The number of hydrogen-bond donors (Lipinski definition) is 1. The summed E-state index contributed by atoms with van der Waals surface area (Å²) in [4.78, 5) is 2.45. The summed E-state index contributed by atoms with van der Waals surface area (Å²) >= 11 is 0. The summed E-state index contributed by atoms with van der Waals surface area (Å²) in [6, 6.07) is 3.56. The molecule has 1 N–H and O–H groups in total. The molecule has 0 atom stereocenters. The van der Waals surface area contributed by atoms with E-state index in [2.05, 4.69) is 35.5 Å². The van der Waals surface area contributed by atoms with Crippen LogP contribution in [-0.2, 0) is 13.6 Å². The highest BCUT2D eigenvalue weighted by Crippen LogP contribution is 2.23. The molecule has 4 heteroatoms. The monoisotopic (exact) mass is 236 g/mol. The van der Waals surface area contributed by atoms with Crippen LogP contribution in [0.3, 0.4) is 0 Å².